The van der Waals surface area contributed by atoms with Crippen LogP contribution in [0.2, 0.25) is 0 Å². The van der Waals surface area contributed by atoms with E-state index >= 15 is 0 Å². The maximum atomic E-state index is 13.2. The molecule has 1 atom stereocenters. The van der Waals surface area contributed by atoms with Crippen molar-refractivity contribution >= 4 is 33.5 Å². The lowest BCUT2D eigenvalue weighted by atomic mass is 10.0. The Bertz CT molecular complexity index is 382. The number of carbonyl (C=O) groups excluding carboxylic acids is 1. The highest BCUT2D eigenvalue weighted by Crippen LogP contribution is 2.28. The van der Waals surface area contributed by atoms with E-state index in [-0.39, 0.29) is 16.9 Å². The topological polar surface area (TPSA) is 17.1 Å². The number of carbonyl (C=O) groups is 1. The fourth-order valence-electron chi connectivity index (χ4n) is 1.83. The Morgan fingerprint density at radius 3 is 2.81 bits per heavy atom. The van der Waals surface area contributed by atoms with Gasteiger partial charge in [0.05, 0.1) is 5.25 Å². The molecular weight excluding hydrogens is 291 g/mol. The molecule has 0 amide bonds. The van der Waals surface area contributed by atoms with Crippen molar-refractivity contribution in [3.8, 4) is 0 Å². The summed E-state index contributed by atoms with van der Waals surface area (Å²) in [5, 5.41) is 0.0162. The zero-order valence-electron chi connectivity index (χ0n) is 8.71. The van der Waals surface area contributed by atoms with Crippen molar-refractivity contribution in [1.29, 1.82) is 0 Å². The molecule has 0 saturated carbocycles. The number of ketones is 1. The van der Waals surface area contributed by atoms with Gasteiger partial charge in [-0.1, -0.05) is 22.4 Å². The van der Waals surface area contributed by atoms with E-state index in [1.807, 2.05) is 0 Å². The van der Waals surface area contributed by atoms with E-state index in [0.29, 0.717) is 10.0 Å². The molecule has 1 saturated heterocycles. The lowest BCUT2D eigenvalue weighted by molar-refractivity contribution is 0.0984. The van der Waals surface area contributed by atoms with Crippen molar-refractivity contribution in [2.45, 2.75) is 24.5 Å². The van der Waals surface area contributed by atoms with Crippen LogP contribution in [0.4, 0.5) is 4.39 Å². The molecule has 16 heavy (non-hydrogen) atoms. The van der Waals surface area contributed by atoms with Crippen LogP contribution in [0, 0.1) is 5.82 Å². The summed E-state index contributed by atoms with van der Waals surface area (Å²) in [4.78, 5) is 12.1. The standard InChI is InChI=1S/C12H12BrFOS/c13-9-5-8(6-10(14)7-9)12(15)11-3-1-2-4-16-11/h5-7,11H,1-4H2. The third-order valence-corrected chi connectivity index (χ3v) is 4.45. The molecule has 0 radical (unpaired) electrons. The zero-order valence-corrected chi connectivity index (χ0v) is 11.1. The van der Waals surface area contributed by atoms with Crippen molar-refractivity contribution in [3.05, 3.63) is 34.1 Å². The third kappa shape index (κ3) is 2.86. The van der Waals surface area contributed by atoms with Crippen LogP contribution in [0.1, 0.15) is 29.6 Å². The van der Waals surface area contributed by atoms with E-state index in [4.69, 9.17) is 0 Å². The highest BCUT2D eigenvalue weighted by atomic mass is 79.9. The fraction of sp³-hybridized carbons (Fsp3) is 0.417. The molecule has 1 fully saturated rings. The molecule has 0 N–H and O–H groups in total. The number of halogens is 2. The van der Waals surface area contributed by atoms with Gasteiger partial charge in [0, 0.05) is 10.0 Å². The zero-order chi connectivity index (χ0) is 11.5. The summed E-state index contributed by atoms with van der Waals surface area (Å²) in [6.07, 6.45) is 3.19. The highest BCUT2D eigenvalue weighted by molar-refractivity contribution is 9.10. The van der Waals surface area contributed by atoms with Crippen molar-refractivity contribution < 1.29 is 9.18 Å². The van der Waals surface area contributed by atoms with Crippen molar-refractivity contribution in [2.24, 2.45) is 0 Å². The second kappa shape index (κ2) is 5.32. The lowest BCUT2D eigenvalue weighted by Gasteiger charge is -2.20. The third-order valence-electron chi connectivity index (χ3n) is 2.62. The summed E-state index contributed by atoms with van der Waals surface area (Å²) >= 11 is 4.90. The highest BCUT2D eigenvalue weighted by Gasteiger charge is 2.23. The molecule has 4 heteroatoms. The Labute approximate surface area is 107 Å². The average molecular weight is 303 g/mol. The maximum Gasteiger partial charge on any atom is 0.175 e. The summed E-state index contributed by atoms with van der Waals surface area (Å²) in [5.74, 6) is 0.732. The van der Waals surface area contributed by atoms with Gasteiger partial charge in [0.2, 0.25) is 0 Å². The van der Waals surface area contributed by atoms with Crippen LogP contribution < -0.4 is 0 Å². The van der Waals surface area contributed by atoms with Crippen LogP contribution >= 0.6 is 27.7 Å². The predicted molar refractivity (Wildman–Crippen MR) is 68.5 cm³/mol. The molecule has 0 spiro atoms. The minimum atomic E-state index is -0.362. The number of thioether (sulfide) groups is 1. The second-order valence-electron chi connectivity index (χ2n) is 3.88. The van der Waals surface area contributed by atoms with Gasteiger partial charge in [-0.15, -0.1) is 0 Å². The Balaban J connectivity index is 2.19. The van der Waals surface area contributed by atoms with Gasteiger partial charge >= 0.3 is 0 Å². The number of hydrogen-bond donors (Lipinski definition) is 0. The number of hydrogen-bond acceptors (Lipinski definition) is 2. The van der Waals surface area contributed by atoms with Gasteiger partial charge in [0.25, 0.3) is 0 Å². The molecule has 0 bridgehead atoms. The van der Waals surface area contributed by atoms with E-state index < -0.39 is 0 Å². The molecule has 1 nitrogen and oxygen atoms in total. The molecule has 1 aromatic rings. The predicted octanol–water partition coefficient (Wildman–Crippen LogP) is 4.06. The summed E-state index contributed by atoms with van der Waals surface area (Å²) in [6, 6.07) is 4.38. The molecule has 1 unspecified atom stereocenters. The SMILES string of the molecule is O=C(c1cc(F)cc(Br)c1)C1CCCCS1. The normalized spacial score (nSPS) is 20.8. The molecule has 86 valence electrons. The van der Waals surface area contributed by atoms with Crippen molar-refractivity contribution in [2.75, 3.05) is 5.75 Å². The molecule has 1 aromatic carbocycles. The summed E-state index contributed by atoms with van der Waals surface area (Å²) in [6.45, 7) is 0. The lowest BCUT2D eigenvalue weighted by Crippen LogP contribution is -2.21. The van der Waals surface area contributed by atoms with Gasteiger partial charge in [0.15, 0.2) is 5.78 Å². The van der Waals surface area contributed by atoms with E-state index in [1.54, 1.807) is 17.8 Å². The van der Waals surface area contributed by atoms with Crippen molar-refractivity contribution in [3.63, 3.8) is 0 Å². The van der Waals surface area contributed by atoms with Gasteiger partial charge in [-0.05, 0) is 36.8 Å². The molecule has 0 aliphatic carbocycles. The molecular formula is C12H12BrFOS. The summed E-state index contributed by atoms with van der Waals surface area (Å²) in [5.41, 5.74) is 0.478. The van der Waals surface area contributed by atoms with Gasteiger partial charge < -0.3 is 0 Å². The van der Waals surface area contributed by atoms with Gasteiger partial charge in [-0.2, -0.15) is 11.8 Å². The van der Waals surface area contributed by atoms with E-state index in [1.165, 1.54) is 18.6 Å². The molecule has 1 aliphatic rings. The molecule has 1 aliphatic heterocycles. The number of Topliss-reactive ketones (excluding diaryl/α,β-unsaturated/α-hetero) is 1. The van der Waals surface area contributed by atoms with Crippen LogP contribution in [0.3, 0.4) is 0 Å². The van der Waals surface area contributed by atoms with Gasteiger partial charge in [0.1, 0.15) is 5.82 Å². The Morgan fingerprint density at radius 2 is 2.19 bits per heavy atom. The number of rotatable bonds is 2. The minimum Gasteiger partial charge on any atom is -0.293 e. The van der Waals surface area contributed by atoms with E-state index in [2.05, 4.69) is 15.9 Å². The fourth-order valence-corrected chi connectivity index (χ4v) is 3.57. The number of benzene rings is 1. The Morgan fingerprint density at radius 1 is 1.38 bits per heavy atom. The van der Waals surface area contributed by atoms with Crippen LogP contribution in [0.5, 0.6) is 0 Å². The van der Waals surface area contributed by atoms with E-state index in [9.17, 15) is 9.18 Å². The van der Waals surface area contributed by atoms with Crippen LogP contribution in [0.15, 0.2) is 22.7 Å². The first kappa shape index (κ1) is 12.1. The Hall–Kier alpha value is -0.350. The first-order valence-electron chi connectivity index (χ1n) is 5.29. The second-order valence-corrected chi connectivity index (χ2v) is 6.10. The first-order valence-corrected chi connectivity index (χ1v) is 7.13. The van der Waals surface area contributed by atoms with Crippen LogP contribution in [0.25, 0.3) is 0 Å². The maximum absolute atomic E-state index is 13.2. The minimum absolute atomic E-state index is 0.0162. The van der Waals surface area contributed by atoms with Gasteiger partial charge in [-0.25, -0.2) is 4.39 Å². The van der Waals surface area contributed by atoms with Gasteiger partial charge in [-0.3, -0.25) is 4.79 Å². The van der Waals surface area contributed by atoms with Crippen LogP contribution in [-0.4, -0.2) is 16.8 Å². The summed E-state index contributed by atoms with van der Waals surface area (Å²) in [7, 11) is 0. The quantitative estimate of drug-likeness (QED) is 0.767. The van der Waals surface area contributed by atoms with Crippen LogP contribution in [-0.2, 0) is 0 Å². The molecule has 0 aromatic heterocycles. The smallest absolute Gasteiger partial charge is 0.175 e. The Kier molecular flexibility index (Phi) is 4.03. The average Bonchev–Trinajstić information content (AvgIpc) is 2.28. The van der Waals surface area contributed by atoms with Crippen molar-refractivity contribution in [1.82, 2.24) is 0 Å². The molecule has 2 rings (SSSR count). The largest absolute Gasteiger partial charge is 0.293 e. The monoisotopic (exact) mass is 302 g/mol. The van der Waals surface area contributed by atoms with E-state index in [0.717, 1.165) is 18.6 Å². The molecule has 1 heterocycles. The summed E-state index contributed by atoms with van der Waals surface area (Å²) < 4.78 is 13.8. The first-order chi connectivity index (χ1) is 7.66.